The number of rotatable bonds is 1. The normalized spacial score (nSPS) is 13.1. The van der Waals surface area contributed by atoms with Gasteiger partial charge in [0.05, 0.1) is 0 Å². The molecule has 0 heterocycles. The lowest BCUT2D eigenvalue weighted by molar-refractivity contribution is 0.926. The quantitative estimate of drug-likeness (QED) is 0.307. The van der Waals surface area contributed by atoms with Crippen LogP contribution in [0.2, 0.25) is 0 Å². The molecule has 0 radical (unpaired) electrons. The Morgan fingerprint density at radius 3 is 1.86 bits per heavy atom. The fourth-order valence-electron chi connectivity index (χ4n) is 0.176. The minimum Gasteiger partial charge on any atom is -0.195 e. The summed E-state index contributed by atoms with van der Waals surface area (Å²) in [5.41, 5.74) is 0. The molecule has 0 amide bonds. The van der Waals surface area contributed by atoms with Gasteiger partial charge in [0.25, 0.3) is 0 Å². The van der Waals surface area contributed by atoms with E-state index in [-0.39, 0.29) is 1.55 Å². The van der Waals surface area contributed by atoms with Crippen LogP contribution in [-0.2, 0) is 0 Å². The topological polar surface area (TPSA) is 24.7 Å². The van der Waals surface area contributed by atoms with E-state index in [1.807, 2.05) is 6.92 Å². The molecule has 7 heavy (non-hydrogen) atoms. The maximum absolute atomic E-state index is 3.86. The first-order chi connectivity index (χ1) is 3.06. The van der Waals surface area contributed by atoms with Crippen molar-refractivity contribution in [2.24, 2.45) is 10.2 Å². The van der Waals surface area contributed by atoms with Gasteiger partial charge in [0, 0.05) is 7.05 Å². The molecule has 4 heteroatoms. The number of nitrogens with zero attached hydrogens (tertiary/aromatic N) is 2. The van der Waals surface area contributed by atoms with Crippen LogP contribution in [-0.4, -0.2) is 8.60 Å². The fourth-order valence-corrected chi connectivity index (χ4v) is 0.607. The smallest absolute Gasteiger partial charge is 0.179 e. The second-order valence-corrected chi connectivity index (χ2v) is 7.41. The van der Waals surface area contributed by atoms with Crippen molar-refractivity contribution in [3.05, 3.63) is 0 Å². The Bertz CT molecular complexity index is 73.5. The summed E-state index contributed by atoms with van der Waals surface area (Å²) in [6, 6.07) is 0. The minimum absolute atomic E-state index is 0.0513. The van der Waals surface area contributed by atoms with E-state index in [2.05, 4.69) is 55.4 Å². The van der Waals surface area contributed by atoms with Gasteiger partial charge < -0.3 is 0 Å². The molecule has 42 valence electrons. The molecule has 0 unspecified atom stereocenters. The fraction of sp³-hybridized carbons (Fsp3) is 1.00. The van der Waals surface area contributed by atoms with Crippen LogP contribution in [0.1, 0.15) is 6.92 Å². The summed E-state index contributed by atoms with van der Waals surface area (Å²) in [6.07, 6.45) is 0. The Morgan fingerprint density at radius 1 is 1.43 bits per heavy atom. The number of hydrogen-bond acceptors (Lipinski definition) is 2. The summed E-state index contributed by atoms with van der Waals surface area (Å²) < 4.78 is -0.0513. The number of azo groups is 1. The highest BCUT2D eigenvalue weighted by Crippen LogP contribution is 2.27. The van der Waals surface area contributed by atoms with E-state index in [1.165, 1.54) is 0 Å². The zero-order chi connectivity index (χ0) is 5.91. The minimum atomic E-state index is -0.0513. The maximum Gasteiger partial charge on any atom is 0.179 e. The Balaban J connectivity index is 3.56. The summed E-state index contributed by atoms with van der Waals surface area (Å²) >= 11 is 4.41. The molecular formula is C3H6I2N2. The number of alkyl halides is 2. The highest BCUT2D eigenvalue weighted by atomic mass is 127. The Hall–Kier alpha value is 1.06. The molecule has 0 aliphatic carbocycles. The summed E-state index contributed by atoms with van der Waals surface area (Å²) in [7, 11) is 1.68. The third kappa shape index (κ3) is 7.06. The van der Waals surface area contributed by atoms with Crippen LogP contribution in [0.15, 0.2) is 10.2 Å². The predicted octanol–water partition coefficient (Wildman–Crippen LogP) is 2.61. The molecule has 0 atom stereocenters. The van der Waals surface area contributed by atoms with Gasteiger partial charge >= 0.3 is 0 Å². The monoisotopic (exact) mass is 324 g/mol. The molecule has 0 N–H and O–H groups in total. The van der Waals surface area contributed by atoms with Gasteiger partial charge in [-0.2, -0.15) is 10.2 Å². The van der Waals surface area contributed by atoms with Crippen molar-refractivity contribution in [1.29, 1.82) is 0 Å². The van der Waals surface area contributed by atoms with Gasteiger partial charge in [-0.05, 0) is 52.1 Å². The summed E-state index contributed by atoms with van der Waals surface area (Å²) in [5, 5.41) is 7.47. The average molecular weight is 324 g/mol. The first-order valence-electron chi connectivity index (χ1n) is 1.75. The Morgan fingerprint density at radius 2 is 1.86 bits per heavy atom. The van der Waals surface area contributed by atoms with E-state index in [0.29, 0.717) is 0 Å². The van der Waals surface area contributed by atoms with Crippen LogP contribution in [0, 0.1) is 0 Å². The lowest BCUT2D eigenvalue weighted by Crippen LogP contribution is -1.94. The lowest BCUT2D eigenvalue weighted by atomic mass is 10.8. The third-order valence-electron chi connectivity index (χ3n) is 0.276. The van der Waals surface area contributed by atoms with Crippen molar-refractivity contribution in [2.75, 3.05) is 7.05 Å². The van der Waals surface area contributed by atoms with Gasteiger partial charge in [-0.3, -0.25) is 0 Å². The summed E-state index contributed by atoms with van der Waals surface area (Å²) in [6.45, 7) is 1.99. The summed E-state index contributed by atoms with van der Waals surface area (Å²) in [4.78, 5) is 0. The van der Waals surface area contributed by atoms with E-state index in [4.69, 9.17) is 0 Å². The molecule has 0 spiro atoms. The van der Waals surface area contributed by atoms with Crippen molar-refractivity contribution >= 4 is 45.2 Å². The molecule has 0 fully saturated rings. The van der Waals surface area contributed by atoms with Crippen molar-refractivity contribution in [3.63, 3.8) is 0 Å². The van der Waals surface area contributed by atoms with Crippen LogP contribution in [0.4, 0.5) is 0 Å². The number of halogens is 2. The third-order valence-corrected chi connectivity index (χ3v) is 0.707. The first-order valence-corrected chi connectivity index (χ1v) is 3.91. The van der Waals surface area contributed by atoms with Gasteiger partial charge in [0.2, 0.25) is 0 Å². The van der Waals surface area contributed by atoms with Crippen LogP contribution in [0.25, 0.3) is 0 Å². The Labute approximate surface area is 70.4 Å². The zero-order valence-corrected chi connectivity index (χ0v) is 8.47. The lowest BCUT2D eigenvalue weighted by Gasteiger charge is -2.01. The van der Waals surface area contributed by atoms with Crippen LogP contribution in [0.3, 0.4) is 0 Å². The standard InChI is InChI=1S/C3H6I2N2/c1-3(4,5)7-6-2/h1-2H3. The molecule has 0 rings (SSSR count). The van der Waals surface area contributed by atoms with Crippen molar-refractivity contribution < 1.29 is 0 Å². The van der Waals surface area contributed by atoms with Gasteiger partial charge in [-0.15, -0.1) is 0 Å². The average Bonchev–Trinajstić information content (AvgIpc) is 1.30. The van der Waals surface area contributed by atoms with Gasteiger partial charge in [0.15, 0.2) is 1.55 Å². The van der Waals surface area contributed by atoms with E-state index in [0.717, 1.165) is 0 Å². The van der Waals surface area contributed by atoms with Crippen LogP contribution < -0.4 is 0 Å². The van der Waals surface area contributed by atoms with E-state index < -0.39 is 0 Å². The van der Waals surface area contributed by atoms with E-state index in [1.54, 1.807) is 7.05 Å². The van der Waals surface area contributed by atoms with Crippen molar-refractivity contribution in [3.8, 4) is 0 Å². The summed E-state index contributed by atoms with van der Waals surface area (Å²) in [5.74, 6) is 0. The zero-order valence-electron chi connectivity index (χ0n) is 4.15. The molecule has 0 aromatic heterocycles. The second kappa shape index (κ2) is 3.16. The Kier molecular flexibility index (Phi) is 3.64. The molecular weight excluding hydrogens is 318 g/mol. The molecule has 0 saturated carbocycles. The largest absolute Gasteiger partial charge is 0.195 e. The molecule has 2 nitrogen and oxygen atoms in total. The molecule has 0 bridgehead atoms. The molecule has 0 aromatic rings. The predicted molar refractivity (Wildman–Crippen MR) is 47.2 cm³/mol. The SMILES string of the molecule is CN=NC(C)(I)I. The van der Waals surface area contributed by atoms with Crippen molar-refractivity contribution in [2.45, 2.75) is 8.48 Å². The number of hydrogen-bond donors (Lipinski definition) is 0. The van der Waals surface area contributed by atoms with Crippen LogP contribution >= 0.6 is 45.2 Å². The highest BCUT2D eigenvalue weighted by molar-refractivity contribution is 14.2. The van der Waals surface area contributed by atoms with E-state index in [9.17, 15) is 0 Å². The van der Waals surface area contributed by atoms with Gasteiger partial charge in [-0.1, -0.05) is 0 Å². The van der Waals surface area contributed by atoms with Crippen LogP contribution in [0.5, 0.6) is 0 Å². The van der Waals surface area contributed by atoms with Gasteiger partial charge in [0.1, 0.15) is 0 Å². The van der Waals surface area contributed by atoms with Crippen molar-refractivity contribution in [1.82, 2.24) is 0 Å². The maximum atomic E-state index is 3.86. The molecule has 0 aliphatic heterocycles. The first kappa shape index (κ1) is 8.06. The second-order valence-electron chi connectivity index (χ2n) is 1.14. The molecule has 0 aromatic carbocycles. The van der Waals surface area contributed by atoms with E-state index >= 15 is 0 Å². The van der Waals surface area contributed by atoms with Gasteiger partial charge in [-0.25, -0.2) is 0 Å². The molecule has 0 aliphatic rings. The highest BCUT2D eigenvalue weighted by Gasteiger charge is 2.10. The molecule has 0 saturated heterocycles.